The molecule has 0 radical (unpaired) electrons. The fourth-order valence-corrected chi connectivity index (χ4v) is 3.03. The van der Waals surface area contributed by atoms with Gasteiger partial charge in [0.05, 0.1) is 17.9 Å². The van der Waals surface area contributed by atoms with E-state index in [0.29, 0.717) is 30.0 Å². The van der Waals surface area contributed by atoms with Gasteiger partial charge in [0.2, 0.25) is 10.0 Å². The van der Waals surface area contributed by atoms with Crippen molar-refractivity contribution in [3.8, 4) is 5.75 Å². The molecule has 0 aliphatic carbocycles. The van der Waals surface area contributed by atoms with Gasteiger partial charge in [-0.1, -0.05) is 36.4 Å². The van der Waals surface area contributed by atoms with Crippen molar-refractivity contribution in [3.05, 3.63) is 65.2 Å². The Bertz CT molecular complexity index is 817. The normalized spacial score (nSPS) is 11.1. The molecule has 0 heterocycles. The highest BCUT2D eigenvalue weighted by atomic mass is 32.2. The van der Waals surface area contributed by atoms with Crippen molar-refractivity contribution in [1.29, 1.82) is 0 Å². The second-order valence-corrected chi connectivity index (χ2v) is 7.32. The first-order valence-electron chi connectivity index (χ1n) is 7.94. The van der Waals surface area contributed by atoms with Gasteiger partial charge in [0.1, 0.15) is 5.75 Å². The van der Waals surface area contributed by atoms with Crippen LogP contribution in [0.5, 0.6) is 5.75 Å². The summed E-state index contributed by atoms with van der Waals surface area (Å²) in [5, 5.41) is 2.84. The lowest BCUT2D eigenvalue weighted by atomic mass is 10.1. The highest BCUT2D eigenvalue weighted by Crippen LogP contribution is 2.18. The summed E-state index contributed by atoms with van der Waals surface area (Å²) in [4.78, 5) is 12.3. The standard InChI is InChI=1S/C18H22N2O4S/c1-3-24-17-7-5-4-6-16(17)18(21)20-12-14-8-10-15(11-9-14)13-25(22,23)19-2/h4-11,19H,3,12-13H2,1-2H3,(H,20,21). The fraction of sp³-hybridized carbons (Fsp3) is 0.278. The predicted octanol–water partition coefficient (Wildman–Crippen LogP) is 2.06. The lowest BCUT2D eigenvalue weighted by Crippen LogP contribution is -2.23. The van der Waals surface area contributed by atoms with E-state index in [-0.39, 0.29) is 11.7 Å². The first kappa shape index (κ1) is 19.0. The maximum absolute atomic E-state index is 12.3. The number of ether oxygens (including phenoxy) is 1. The van der Waals surface area contributed by atoms with Gasteiger partial charge in [0.15, 0.2) is 0 Å². The van der Waals surface area contributed by atoms with Crippen LogP contribution in [-0.2, 0) is 22.3 Å². The molecule has 0 saturated heterocycles. The minimum Gasteiger partial charge on any atom is -0.493 e. The molecule has 0 atom stereocenters. The molecular formula is C18H22N2O4S. The number of para-hydroxylation sites is 1. The Morgan fingerprint density at radius 2 is 1.68 bits per heavy atom. The molecule has 2 aromatic rings. The molecular weight excluding hydrogens is 340 g/mol. The topological polar surface area (TPSA) is 84.5 Å². The molecule has 0 aliphatic rings. The fourth-order valence-electron chi connectivity index (χ4n) is 2.26. The number of amides is 1. The number of sulfonamides is 1. The third-order valence-corrected chi connectivity index (χ3v) is 4.91. The highest BCUT2D eigenvalue weighted by molar-refractivity contribution is 7.88. The number of carbonyl (C=O) groups is 1. The van der Waals surface area contributed by atoms with Crippen LogP contribution < -0.4 is 14.8 Å². The SMILES string of the molecule is CCOc1ccccc1C(=O)NCc1ccc(CS(=O)(=O)NC)cc1. The Morgan fingerprint density at radius 1 is 1.04 bits per heavy atom. The lowest BCUT2D eigenvalue weighted by molar-refractivity contribution is 0.0947. The van der Waals surface area contributed by atoms with Gasteiger partial charge in [-0.05, 0) is 37.2 Å². The Balaban J connectivity index is 1.98. The quantitative estimate of drug-likeness (QED) is 0.753. The molecule has 6 nitrogen and oxygen atoms in total. The average Bonchev–Trinajstić information content (AvgIpc) is 2.61. The Labute approximate surface area is 148 Å². The van der Waals surface area contributed by atoms with E-state index in [9.17, 15) is 13.2 Å². The predicted molar refractivity (Wildman–Crippen MR) is 96.9 cm³/mol. The van der Waals surface area contributed by atoms with Crippen LogP contribution in [0, 0.1) is 0 Å². The molecule has 25 heavy (non-hydrogen) atoms. The van der Waals surface area contributed by atoms with Crippen molar-refractivity contribution in [3.63, 3.8) is 0 Å². The van der Waals surface area contributed by atoms with E-state index < -0.39 is 10.0 Å². The largest absolute Gasteiger partial charge is 0.493 e. The summed E-state index contributed by atoms with van der Waals surface area (Å²) >= 11 is 0. The van der Waals surface area contributed by atoms with Crippen molar-refractivity contribution >= 4 is 15.9 Å². The van der Waals surface area contributed by atoms with Gasteiger partial charge in [-0.15, -0.1) is 0 Å². The molecule has 0 saturated carbocycles. The van der Waals surface area contributed by atoms with Gasteiger partial charge in [-0.25, -0.2) is 13.1 Å². The van der Waals surface area contributed by atoms with Crippen LogP contribution >= 0.6 is 0 Å². The van der Waals surface area contributed by atoms with Gasteiger partial charge >= 0.3 is 0 Å². The molecule has 0 spiro atoms. The number of carbonyl (C=O) groups excluding carboxylic acids is 1. The molecule has 7 heteroatoms. The van der Waals surface area contributed by atoms with Crippen LogP contribution in [0.3, 0.4) is 0 Å². The summed E-state index contributed by atoms with van der Waals surface area (Å²) in [7, 11) is -1.90. The second-order valence-electron chi connectivity index (χ2n) is 5.39. The summed E-state index contributed by atoms with van der Waals surface area (Å²) in [6.07, 6.45) is 0. The maximum atomic E-state index is 12.3. The van der Waals surface area contributed by atoms with E-state index in [4.69, 9.17) is 4.74 Å². The van der Waals surface area contributed by atoms with Gasteiger partial charge in [-0.3, -0.25) is 4.79 Å². The van der Waals surface area contributed by atoms with E-state index in [0.717, 1.165) is 5.56 Å². The third kappa shape index (κ3) is 5.58. The molecule has 0 fully saturated rings. The Morgan fingerprint density at radius 3 is 2.32 bits per heavy atom. The second kappa shape index (κ2) is 8.64. The van der Waals surface area contributed by atoms with Crippen LogP contribution in [0.4, 0.5) is 0 Å². The van der Waals surface area contributed by atoms with Crippen molar-refractivity contribution in [2.24, 2.45) is 0 Å². The first-order valence-corrected chi connectivity index (χ1v) is 9.59. The van der Waals surface area contributed by atoms with Crippen molar-refractivity contribution in [2.45, 2.75) is 19.2 Å². The number of hydrogen-bond acceptors (Lipinski definition) is 4. The van der Waals surface area contributed by atoms with Crippen LogP contribution in [0.1, 0.15) is 28.4 Å². The minimum absolute atomic E-state index is 0.0716. The number of benzene rings is 2. The maximum Gasteiger partial charge on any atom is 0.255 e. The zero-order valence-corrected chi connectivity index (χ0v) is 15.1. The molecule has 134 valence electrons. The zero-order chi connectivity index (χ0) is 18.3. The summed E-state index contributed by atoms with van der Waals surface area (Å²) < 4.78 is 30.8. The van der Waals surface area contributed by atoms with Gasteiger partial charge in [0, 0.05) is 6.54 Å². The van der Waals surface area contributed by atoms with Crippen LogP contribution in [0.15, 0.2) is 48.5 Å². The van der Waals surface area contributed by atoms with Crippen molar-refractivity contribution in [2.75, 3.05) is 13.7 Å². The summed E-state index contributed by atoms with van der Waals surface area (Å²) in [5.41, 5.74) is 2.06. The Kier molecular flexibility index (Phi) is 6.55. The van der Waals surface area contributed by atoms with E-state index in [1.54, 1.807) is 42.5 Å². The van der Waals surface area contributed by atoms with E-state index >= 15 is 0 Å². The molecule has 0 aliphatic heterocycles. The minimum atomic E-state index is -3.29. The van der Waals surface area contributed by atoms with Crippen LogP contribution in [0.2, 0.25) is 0 Å². The molecule has 2 aromatic carbocycles. The molecule has 0 aromatic heterocycles. The van der Waals surface area contributed by atoms with E-state index in [1.807, 2.05) is 13.0 Å². The van der Waals surface area contributed by atoms with Crippen molar-refractivity contribution < 1.29 is 17.9 Å². The summed E-state index contributed by atoms with van der Waals surface area (Å²) in [6, 6.07) is 14.2. The molecule has 0 unspecified atom stereocenters. The number of hydrogen-bond donors (Lipinski definition) is 2. The van der Waals surface area contributed by atoms with Crippen molar-refractivity contribution in [1.82, 2.24) is 10.0 Å². The monoisotopic (exact) mass is 362 g/mol. The summed E-state index contributed by atoms with van der Waals surface area (Å²) in [6.45, 7) is 2.70. The first-order chi connectivity index (χ1) is 11.9. The van der Waals surface area contributed by atoms with Crippen LogP contribution in [-0.4, -0.2) is 28.0 Å². The van der Waals surface area contributed by atoms with Gasteiger partial charge in [0.25, 0.3) is 5.91 Å². The lowest BCUT2D eigenvalue weighted by Gasteiger charge is -2.11. The summed E-state index contributed by atoms with van der Waals surface area (Å²) in [5.74, 6) is 0.263. The number of nitrogens with one attached hydrogen (secondary N) is 2. The molecule has 1 amide bonds. The van der Waals surface area contributed by atoms with E-state index in [1.165, 1.54) is 7.05 Å². The zero-order valence-electron chi connectivity index (χ0n) is 14.3. The van der Waals surface area contributed by atoms with E-state index in [2.05, 4.69) is 10.0 Å². The Hall–Kier alpha value is -2.38. The highest BCUT2D eigenvalue weighted by Gasteiger charge is 2.12. The third-order valence-electron chi connectivity index (χ3n) is 3.58. The number of rotatable bonds is 8. The van der Waals surface area contributed by atoms with Crippen LogP contribution in [0.25, 0.3) is 0 Å². The van der Waals surface area contributed by atoms with Gasteiger partial charge in [-0.2, -0.15) is 0 Å². The molecule has 0 bridgehead atoms. The smallest absolute Gasteiger partial charge is 0.255 e. The van der Waals surface area contributed by atoms with Gasteiger partial charge < -0.3 is 10.1 Å². The molecule has 2 rings (SSSR count). The average molecular weight is 362 g/mol. The molecule has 2 N–H and O–H groups in total.